The number of halogens is 2. The van der Waals surface area contributed by atoms with Gasteiger partial charge in [0.05, 0.1) is 35.7 Å². The second-order valence-corrected chi connectivity index (χ2v) is 7.13. The van der Waals surface area contributed by atoms with Crippen molar-refractivity contribution in [2.45, 2.75) is 38.7 Å². The first kappa shape index (κ1) is 20.1. The molecule has 10 heteroatoms. The fourth-order valence-corrected chi connectivity index (χ4v) is 3.75. The quantitative estimate of drug-likeness (QED) is 0.769. The Morgan fingerprint density at radius 1 is 1.43 bits per heavy atom. The van der Waals surface area contributed by atoms with Gasteiger partial charge in [0.2, 0.25) is 0 Å². The van der Waals surface area contributed by atoms with Gasteiger partial charge < -0.3 is 15.7 Å². The second kappa shape index (κ2) is 7.78. The Kier molecular flexibility index (Phi) is 5.59. The number of nitrogens with two attached hydrogens (primary N) is 1. The van der Waals surface area contributed by atoms with Crippen molar-refractivity contribution in [3.8, 4) is 11.4 Å². The van der Waals surface area contributed by atoms with Gasteiger partial charge in [-0.05, 0) is 24.5 Å². The zero-order valence-corrected chi connectivity index (χ0v) is 15.9. The highest BCUT2D eigenvalue weighted by Gasteiger charge is 2.41. The lowest BCUT2D eigenvalue weighted by Gasteiger charge is -2.39. The monoisotopic (exact) mass is 394 g/mol. The standard InChI is InChI=1S/C18H24F2N6O2/c1-3-12-14(26-9-11(6-16(27)28)7-18(19,20)10-26)5-4-13(22-12)17-15(8-21)25(2)24-23-17/h4-5,11H,3,6-10,21H2,1-2H3,(H,27,28)/t11-/m1/s1. The van der Waals surface area contributed by atoms with Gasteiger partial charge in [-0.15, -0.1) is 5.10 Å². The molecule has 0 aliphatic carbocycles. The van der Waals surface area contributed by atoms with E-state index in [1.165, 1.54) is 0 Å². The zero-order valence-electron chi connectivity index (χ0n) is 15.9. The van der Waals surface area contributed by atoms with Crippen molar-refractivity contribution in [1.82, 2.24) is 20.0 Å². The molecule has 0 radical (unpaired) electrons. The highest BCUT2D eigenvalue weighted by molar-refractivity contribution is 5.67. The van der Waals surface area contributed by atoms with Gasteiger partial charge in [-0.2, -0.15) is 0 Å². The summed E-state index contributed by atoms with van der Waals surface area (Å²) >= 11 is 0. The second-order valence-electron chi connectivity index (χ2n) is 7.13. The molecule has 0 spiro atoms. The SMILES string of the molecule is CCc1nc(-c2nnn(C)c2CN)ccc1N1C[C@H](CC(=O)O)CC(F)(F)C1. The third-order valence-corrected chi connectivity index (χ3v) is 4.96. The number of alkyl halides is 2. The van der Waals surface area contributed by atoms with Gasteiger partial charge in [-0.3, -0.25) is 9.48 Å². The molecule has 1 fully saturated rings. The van der Waals surface area contributed by atoms with E-state index in [0.29, 0.717) is 29.2 Å². The molecule has 3 rings (SSSR count). The van der Waals surface area contributed by atoms with E-state index in [1.807, 2.05) is 6.92 Å². The number of carboxylic acids is 1. The van der Waals surface area contributed by atoms with Gasteiger partial charge in [0.1, 0.15) is 5.69 Å². The van der Waals surface area contributed by atoms with Gasteiger partial charge in [0.15, 0.2) is 0 Å². The van der Waals surface area contributed by atoms with Crippen molar-refractivity contribution >= 4 is 11.7 Å². The number of hydrogen-bond acceptors (Lipinski definition) is 6. The molecule has 0 unspecified atom stereocenters. The number of aryl methyl sites for hydroxylation is 2. The number of piperidine rings is 1. The Morgan fingerprint density at radius 2 is 2.18 bits per heavy atom. The van der Waals surface area contributed by atoms with Crippen LogP contribution in [-0.2, 0) is 24.8 Å². The lowest BCUT2D eigenvalue weighted by molar-refractivity contribution is -0.139. The average molecular weight is 394 g/mol. The molecule has 2 aromatic heterocycles. The summed E-state index contributed by atoms with van der Waals surface area (Å²) in [5, 5.41) is 17.1. The summed E-state index contributed by atoms with van der Waals surface area (Å²) in [5.74, 6) is -4.63. The molecule has 28 heavy (non-hydrogen) atoms. The number of carbonyl (C=O) groups is 1. The Balaban J connectivity index is 1.94. The summed E-state index contributed by atoms with van der Waals surface area (Å²) in [7, 11) is 1.74. The number of pyridine rings is 1. The number of aliphatic carboxylic acids is 1. The van der Waals surface area contributed by atoms with Crippen LogP contribution in [0.3, 0.4) is 0 Å². The van der Waals surface area contributed by atoms with Crippen LogP contribution in [-0.4, -0.2) is 50.1 Å². The third kappa shape index (κ3) is 4.11. The number of rotatable bonds is 6. The van der Waals surface area contributed by atoms with Crippen LogP contribution in [0.1, 0.15) is 31.2 Å². The fraction of sp³-hybridized carbons (Fsp3) is 0.556. The molecular formula is C18H24F2N6O2. The molecule has 0 aromatic carbocycles. The molecule has 1 aliphatic rings. The number of nitrogens with zero attached hydrogens (tertiary/aromatic N) is 5. The first-order valence-corrected chi connectivity index (χ1v) is 9.17. The van der Waals surface area contributed by atoms with Crippen LogP contribution in [0.25, 0.3) is 11.4 Å². The lowest BCUT2D eigenvalue weighted by Crippen LogP contribution is -2.48. The number of hydrogen-bond donors (Lipinski definition) is 2. The van der Waals surface area contributed by atoms with Gasteiger partial charge >= 0.3 is 5.97 Å². The predicted molar refractivity (Wildman–Crippen MR) is 99.0 cm³/mol. The highest BCUT2D eigenvalue weighted by atomic mass is 19.3. The van der Waals surface area contributed by atoms with E-state index in [2.05, 4.69) is 15.3 Å². The summed E-state index contributed by atoms with van der Waals surface area (Å²) in [6.45, 7) is 1.96. The molecule has 3 heterocycles. The molecule has 0 amide bonds. The van der Waals surface area contributed by atoms with Crippen LogP contribution in [0.4, 0.5) is 14.5 Å². The maximum absolute atomic E-state index is 14.2. The number of aromatic nitrogens is 4. The van der Waals surface area contributed by atoms with Crippen molar-refractivity contribution in [3.63, 3.8) is 0 Å². The van der Waals surface area contributed by atoms with Crippen LogP contribution in [0.5, 0.6) is 0 Å². The summed E-state index contributed by atoms with van der Waals surface area (Å²) in [4.78, 5) is 17.2. The van der Waals surface area contributed by atoms with Crippen molar-refractivity contribution < 1.29 is 18.7 Å². The van der Waals surface area contributed by atoms with Crippen molar-refractivity contribution in [2.75, 3.05) is 18.0 Å². The van der Waals surface area contributed by atoms with Crippen LogP contribution in [0, 0.1) is 5.92 Å². The van der Waals surface area contributed by atoms with Crippen molar-refractivity contribution in [1.29, 1.82) is 0 Å². The fourth-order valence-electron chi connectivity index (χ4n) is 3.75. The molecule has 3 N–H and O–H groups in total. The molecule has 0 saturated carbocycles. The van der Waals surface area contributed by atoms with Gasteiger partial charge in [-0.1, -0.05) is 12.1 Å². The first-order valence-electron chi connectivity index (χ1n) is 9.17. The van der Waals surface area contributed by atoms with Gasteiger partial charge in [-0.25, -0.2) is 13.8 Å². The topological polar surface area (TPSA) is 110 Å². The largest absolute Gasteiger partial charge is 0.481 e. The molecule has 8 nitrogen and oxygen atoms in total. The molecular weight excluding hydrogens is 370 g/mol. The van der Waals surface area contributed by atoms with E-state index in [-0.39, 0.29) is 19.5 Å². The maximum atomic E-state index is 14.2. The molecule has 152 valence electrons. The highest BCUT2D eigenvalue weighted by Crippen LogP contribution is 2.36. The van der Waals surface area contributed by atoms with Crippen molar-refractivity contribution in [3.05, 3.63) is 23.5 Å². The lowest BCUT2D eigenvalue weighted by atomic mass is 9.91. The Hall–Kier alpha value is -2.62. The average Bonchev–Trinajstić information content (AvgIpc) is 2.99. The summed E-state index contributed by atoms with van der Waals surface area (Å²) < 4.78 is 30.0. The van der Waals surface area contributed by atoms with E-state index >= 15 is 0 Å². The minimum Gasteiger partial charge on any atom is -0.481 e. The third-order valence-electron chi connectivity index (χ3n) is 4.96. The minimum atomic E-state index is -2.94. The maximum Gasteiger partial charge on any atom is 0.303 e. The normalized spacial score (nSPS) is 19.0. The van der Waals surface area contributed by atoms with E-state index in [4.69, 9.17) is 10.8 Å². The minimum absolute atomic E-state index is 0.249. The van der Waals surface area contributed by atoms with Crippen LogP contribution < -0.4 is 10.6 Å². The van der Waals surface area contributed by atoms with Crippen LogP contribution in [0.2, 0.25) is 0 Å². The molecule has 1 aliphatic heterocycles. The molecule has 2 aromatic rings. The number of anilines is 1. The van der Waals surface area contributed by atoms with E-state index in [1.54, 1.807) is 28.8 Å². The van der Waals surface area contributed by atoms with Gasteiger partial charge in [0, 0.05) is 26.6 Å². The Labute approximate surface area is 161 Å². The van der Waals surface area contributed by atoms with Gasteiger partial charge in [0.25, 0.3) is 5.92 Å². The van der Waals surface area contributed by atoms with Crippen LogP contribution in [0.15, 0.2) is 12.1 Å². The summed E-state index contributed by atoms with van der Waals surface area (Å²) in [5.41, 5.74) is 8.90. The van der Waals surface area contributed by atoms with E-state index in [0.717, 1.165) is 5.69 Å². The smallest absolute Gasteiger partial charge is 0.303 e. The van der Waals surface area contributed by atoms with E-state index < -0.39 is 30.8 Å². The number of carboxylic acid groups (broad SMARTS) is 1. The first-order chi connectivity index (χ1) is 13.2. The summed E-state index contributed by atoms with van der Waals surface area (Å²) in [6.07, 6.45) is -0.159. The summed E-state index contributed by atoms with van der Waals surface area (Å²) in [6, 6.07) is 3.46. The van der Waals surface area contributed by atoms with Crippen molar-refractivity contribution in [2.24, 2.45) is 18.7 Å². The predicted octanol–water partition coefficient (Wildman–Crippen LogP) is 1.83. The molecule has 0 bridgehead atoms. The van der Waals surface area contributed by atoms with Crippen LogP contribution >= 0.6 is 0 Å². The molecule has 1 saturated heterocycles. The Bertz CT molecular complexity index is 870. The van der Waals surface area contributed by atoms with E-state index in [9.17, 15) is 13.6 Å². The zero-order chi connectivity index (χ0) is 20.5. The Morgan fingerprint density at radius 3 is 2.82 bits per heavy atom. The molecule has 1 atom stereocenters.